The van der Waals surface area contributed by atoms with Crippen LogP contribution in [0.15, 0.2) is 30.3 Å². The van der Waals surface area contributed by atoms with Gasteiger partial charge >= 0.3 is 0 Å². The van der Waals surface area contributed by atoms with E-state index in [1.54, 1.807) is 6.92 Å². The van der Waals surface area contributed by atoms with Crippen molar-refractivity contribution in [3.8, 4) is 0 Å². The van der Waals surface area contributed by atoms with Gasteiger partial charge in [0.25, 0.3) is 0 Å². The molecular weight excluding hydrogens is 150 g/mol. The van der Waals surface area contributed by atoms with Crippen molar-refractivity contribution in [3.63, 3.8) is 0 Å². The average Bonchev–Trinajstić information content (AvgIpc) is 2.05. The normalized spacial score (nSPS) is 12.8. The summed E-state index contributed by atoms with van der Waals surface area (Å²) < 4.78 is 0. The molecule has 1 atom stereocenters. The van der Waals surface area contributed by atoms with E-state index in [1.165, 1.54) is 5.56 Å². The van der Waals surface area contributed by atoms with Gasteiger partial charge in [0, 0.05) is 6.54 Å². The fraction of sp³-hybridized carbons (Fsp3) is 0.400. The lowest BCUT2D eigenvalue weighted by Crippen LogP contribution is -2.27. The predicted octanol–water partition coefficient (Wildman–Crippen LogP) is 1.16. The van der Waals surface area contributed by atoms with E-state index in [0.29, 0.717) is 0 Å². The minimum Gasteiger partial charge on any atom is -0.379 e. The van der Waals surface area contributed by atoms with Gasteiger partial charge in [0.05, 0.1) is 0 Å². The fourth-order valence-corrected chi connectivity index (χ4v) is 1.07. The van der Waals surface area contributed by atoms with Crippen molar-refractivity contribution >= 4 is 0 Å². The largest absolute Gasteiger partial charge is 0.379 e. The maximum atomic E-state index is 8.92. The summed E-state index contributed by atoms with van der Waals surface area (Å²) >= 11 is 0. The zero-order chi connectivity index (χ0) is 8.81. The van der Waals surface area contributed by atoms with Gasteiger partial charge in [-0.25, -0.2) is 0 Å². The molecule has 2 heteroatoms. The third-order valence-electron chi connectivity index (χ3n) is 1.70. The van der Waals surface area contributed by atoms with Gasteiger partial charge in [-0.3, -0.25) is 5.32 Å². The van der Waals surface area contributed by atoms with Gasteiger partial charge in [0.1, 0.15) is 6.23 Å². The summed E-state index contributed by atoms with van der Waals surface area (Å²) in [5.41, 5.74) is 1.30. The lowest BCUT2D eigenvalue weighted by atomic mass is 10.1. The van der Waals surface area contributed by atoms with Crippen LogP contribution in [-0.2, 0) is 6.42 Å². The summed E-state index contributed by atoms with van der Waals surface area (Å²) in [5, 5.41) is 11.9. The topological polar surface area (TPSA) is 32.3 Å². The Hall–Kier alpha value is -0.860. The molecule has 0 aliphatic carbocycles. The van der Waals surface area contributed by atoms with Crippen LogP contribution < -0.4 is 5.32 Å². The molecule has 2 N–H and O–H groups in total. The molecule has 0 fully saturated rings. The molecule has 0 saturated carbocycles. The first-order valence-electron chi connectivity index (χ1n) is 4.24. The highest BCUT2D eigenvalue weighted by molar-refractivity contribution is 5.14. The van der Waals surface area contributed by atoms with Gasteiger partial charge in [0.15, 0.2) is 0 Å². The van der Waals surface area contributed by atoms with Crippen LogP contribution in [0.4, 0.5) is 0 Å². The van der Waals surface area contributed by atoms with Crippen LogP contribution in [0, 0.1) is 0 Å². The molecule has 0 spiro atoms. The van der Waals surface area contributed by atoms with Crippen LogP contribution in [0.2, 0.25) is 0 Å². The molecule has 1 aromatic rings. The summed E-state index contributed by atoms with van der Waals surface area (Å²) in [6.07, 6.45) is 0.555. The molecule has 0 radical (unpaired) electrons. The second-order valence-corrected chi connectivity index (χ2v) is 2.87. The van der Waals surface area contributed by atoms with Crippen molar-refractivity contribution in [3.05, 3.63) is 35.9 Å². The van der Waals surface area contributed by atoms with Crippen molar-refractivity contribution in [2.45, 2.75) is 19.6 Å². The Labute approximate surface area is 73.2 Å². The van der Waals surface area contributed by atoms with Gasteiger partial charge in [-0.15, -0.1) is 0 Å². The van der Waals surface area contributed by atoms with Crippen molar-refractivity contribution in [1.29, 1.82) is 0 Å². The molecule has 1 aromatic carbocycles. The monoisotopic (exact) mass is 165 g/mol. The Morgan fingerprint density at radius 1 is 1.33 bits per heavy atom. The fourth-order valence-electron chi connectivity index (χ4n) is 1.07. The second-order valence-electron chi connectivity index (χ2n) is 2.87. The molecule has 66 valence electrons. The predicted molar refractivity (Wildman–Crippen MR) is 49.8 cm³/mol. The second kappa shape index (κ2) is 4.91. The molecule has 12 heavy (non-hydrogen) atoms. The van der Waals surface area contributed by atoms with Crippen LogP contribution in [0.5, 0.6) is 0 Å². The Kier molecular flexibility index (Phi) is 3.77. The molecule has 0 aromatic heterocycles. The average molecular weight is 165 g/mol. The Morgan fingerprint density at radius 3 is 2.58 bits per heavy atom. The Balaban J connectivity index is 2.25. The number of rotatable bonds is 4. The van der Waals surface area contributed by atoms with E-state index in [9.17, 15) is 0 Å². The van der Waals surface area contributed by atoms with Gasteiger partial charge in [0.2, 0.25) is 0 Å². The molecule has 0 amide bonds. The third kappa shape index (κ3) is 3.51. The first-order valence-corrected chi connectivity index (χ1v) is 4.24. The summed E-state index contributed by atoms with van der Waals surface area (Å²) in [7, 11) is 0. The van der Waals surface area contributed by atoms with Gasteiger partial charge in [-0.05, 0) is 18.9 Å². The third-order valence-corrected chi connectivity index (χ3v) is 1.70. The molecule has 0 aliphatic heterocycles. The van der Waals surface area contributed by atoms with E-state index >= 15 is 0 Å². The number of aliphatic hydroxyl groups is 1. The molecule has 1 unspecified atom stereocenters. The maximum Gasteiger partial charge on any atom is 0.102 e. The smallest absolute Gasteiger partial charge is 0.102 e. The standard InChI is InChI=1S/C10H15NO/c1-9(12)11-8-7-10-5-3-2-4-6-10/h2-6,9,11-12H,7-8H2,1H3. The number of nitrogens with one attached hydrogen (secondary N) is 1. The lowest BCUT2D eigenvalue weighted by molar-refractivity contribution is 0.157. The highest BCUT2D eigenvalue weighted by Crippen LogP contribution is 1.97. The number of aliphatic hydroxyl groups excluding tert-OH is 1. The SMILES string of the molecule is CC(O)NCCc1ccccc1. The van der Waals surface area contributed by atoms with Crippen LogP contribution >= 0.6 is 0 Å². The first kappa shape index (κ1) is 9.23. The van der Waals surface area contributed by atoms with E-state index in [-0.39, 0.29) is 0 Å². The van der Waals surface area contributed by atoms with Crippen molar-refractivity contribution in [2.24, 2.45) is 0 Å². The van der Waals surface area contributed by atoms with Crippen molar-refractivity contribution < 1.29 is 5.11 Å². The zero-order valence-electron chi connectivity index (χ0n) is 7.33. The van der Waals surface area contributed by atoms with E-state index in [4.69, 9.17) is 5.11 Å². The van der Waals surface area contributed by atoms with E-state index in [1.807, 2.05) is 18.2 Å². The van der Waals surface area contributed by atoms with Crippen molar-refractivity contribution in [2.75, 3.05) is 6.54 Å². The molecule has 0 heterocycles. The summed E-state index contributed by atoms with van der Waals surface area (Å²) in [5.74, 6) is 0. The summed E-state index contributed by atoms with van der Waals surface area (Å²) in [4.78, 5) is 0. The molecule has 0 bridgehead atoms. The molecule has 0 saturated heterocycles. The molecular formula is C10H15NO. The van der Waals surface area contributed by atoms with Gasteiger partial charge in [-0.2, -0.15) is 0 Å². The van der Waals surface area contributed by atoms with E-state index < -0.39 is 6.23 Å². The summed E-state index contributed by atoms with van der Waals surface area (Å²) in [6.45, 7) is 2.55. The lowest BCUT2D eigenvalue weighted by Gasteiger charge is -2.06. The van der Waals surface area contributed by atoms with E-state index in [2.05, 4.69) is 17.4 Å². The van der Waals surface area contributed by atoms with Gasteiger partial charge < -0.3 is 5.11 Å². The van der Waals surface area contributed by atoms with Crippen LogP contribution in [0.3, 0.4) is 0 Å². The number of benzene rings is 1. The Bertz CT molecular complexity index is 208. The molecule has 1 rings (SSSR count). The maximum absolute atomic E-state index is 8.92. The first-order chi connectivity index (χ1) is 5.79. The van der Waals surface area contributed by atoms with Gasteiger partial charge in [-0.1, -0.05) is 30.3 Å². The van der Waals surface area contributed by atoms with Crippen LogP contribution in [0.1, 0.15) is 12.5 Å². The minimum absolute atomic E-state index is 0.409. The number of hydrogen-bond acceptors (Lipinski definition) is 2. The Morgan fingerprint density at radius 2 is 2.00 bits per heavy atom. The summed E-state index contributed by atoms with van der Waals surface area (Å²) in [6, 6.07) is 10.2. The highest BCUT2D eigenvalue weighted by Gasteiger charge is 1.93. The van der Waals surface area contributed by atoms with Crippen molar-refractivity contribution in [1.82, 2.24) is 5.32 Å². The number of hydrogen-bond donors (Lipinski definition) is 2. The quantitative estimate of drug-likeness (QED) is 0.656. The van der Waals surface area contributed by atoms with Crippen LogP contribution in [0.25, 0.3) is 0 Å². The molecule has 0 aliphatic rings. The highest BCUT2D eigenvalue weighted by atomic mass is 16.3. The van der Waals surface area contributed by atoms with Crippen LogP contribution in [-0.4, -0.2) is 17.9 Å². The zero-order valence-corrected chi connectivity index (χ0v) is 7.33. The molecule has 2 nitrogen and oxygen atoms in total. The minimum atomic E-state index is -0.409. The van der Waals surface area contributed by atoms with E-state index in [0.717, 1.165) is 13.0 Å².